The van der Waals surface area contributed by atoms with Crippen molar-refractivity contribution in [3.05, 3.63) is 63.2 Å². The van der Waals surface area contributed by atoms with Crippen molar-refractivity contribution in [1.82, 2.24) is 5.32 Å². The highest BCUT2D eigenvalue weighted by Gasteiger charge is 2.40. The maximum absolute atomic E-state index is 12.0. The number of fused-ring (bicyclic) bond motifs is 1. The number of esters is 1. The van der Waals surface area contributed by atoms with E-state index in [9.17, 15) is 4.79 Å². The molecular formula is C21H24ClNO2S. The average molecular weight is 390 g/mol. The Morgan fingerprint density at radius 1 is 1.31 bits per heavy atom. The minimum absolute atomic E-state index is 0.0931. The molecule has 2 aliphatic rings. The molecule has 138 valence electrons. The molecule has 0 saturated heterocycles. The molecule has 0 radical (unpaired) electrons. The van der Waals surface area contributed by atoms with Gasteiger partial charge in [0, 0.05) is 21.3 Å². The zero-order valence-electron chi connectivity index (χ0n) is 15.8. The van der Waals surface area contributed by atoms with Crippen molar-refractivity contribution in [2.24, 2.45) is 0 Å². The first-order valence-corrected chi connectivity index (χ1v) is 9.79. The Kier molecular flexibility index (Phi) is 5.02. The third kappa shape index (κ3) is 3.72. The monoisotopic (exact) mass is 389 g/mol. The smallest absolute Gasteiger partial charge is 0.354 e. The molecule has 1 N–H and O–H groups in total. The standard InChI is InChI=1S/C21H24ClNO2S/c1-20(2,3)13-7-6-8-15(9-13)26-18-10-14(22)12-21(4)16(18)11-17(23-21)19(24)25-5/h6-11,23H,12H2,1-5H3. The molecule has 0 bridgehead atoms. The third-order valence-electron chi connectivity index (χ3n) is 4.70. The number of nitrogens with one attached hydrogen (secondary N) is 1. The second-order valence-electron chi connectivity index (χ2n) is 7.93. The number of thioether (sulfide) groups is 1. The van der Waals surface area contributed by atoms with Gasteiger partial charge in [0.25, 0.3) is 0 Å². The van der Waals surface area contributed by atoms with Crippen LogP contribution in [0.1, 0.15) is 39.7 Å². The summed E-state index contributed by atoms with van der Waals surface area (Å²) in [6, 6.07) is 8.57. The molecule has 0 aromatic heterocycles. The Hall–Kier alpha value is -1.65. The summed E-state index contributed by atoms with van der Waals surface area (Å²) >= 11 is 8.11. The van der Waals surface area contributed by atoms with E-state index in [1.807, 2.05) is 12.2 Å². The van der Waals surface area contributed by atoms with Gasteiger partial charge in [0.1, 0.15) is 5.70 Å². The van der Waals surface area contributed by atoms with E-state index in [4.69, 9.17) is 16.3 Å². The van der Waals surface area contributed by atoms with E-state index in [1.165, 1.54) is 12.7 Å². The lowest BCUT2D eigenvalue weighted by atomic mass is 9.87. The first-order chi connectivity index (χ1) is 12.1. The van der Waals surface area contributed by atoms with Crippen molar-refractivity contribution < 1.29 is 9.53 Å². The van der Waals surface area contributed by atoms with Crippen molar-refractivity contribution in [2.75, 3.05) is 7.11 Å². The van der Waals surface area contributed by atoms with Gasteiger partial charge >= 0.3 is 5.97 Å². The van der Waals surface area contributed by atoms with Crippen LogP contribution in [0, 0.1) is 0 Å². The average Bonchev–Trinajstić information content (AvgIpc) is 2.91. The number of allylic oxidation sites excluding steroid dienone is 1. The van der Waals surface area contributed by atoms with Crippen LogP contribution < -0.4 is 5.32 Å². The van der Waals surface area contributed by atoms with Crippen molar-refractivity contribution in [3.63, 3.8) is 0 Å². The number of carbonyl (C=O) groups is 1. The topological polar surface area (TPSA) is 38.3 Å². The summed E-state index contributed by atoms with van der Waals surface area (Å²) in [7, 11) is 1.39. The molecule has 26 heavy (non-hydrogen) atoms. The normalized spacial score (nSPS) is 22.4. The molecule has 0 saturated carbocycles. The van der Waals surface area contributed by atoms with Gasteiger partial charge in [-0.05, 0) is 47.8 Å². The van der Waals surface area contributed by atoms with E-state index in [0.29, 0.717) is 12.1 Å². The number of hydrogen-bond acceptors (Lipinski definition) is 4. The zero-order valence-corrected chi connectivity index (χ0v) is 17.3. The first-order valence-electron chi connectivity index (χ1n) is 8.60. The van der Waals surface area contributed by atoms with E-state index in [-0.39, 0.29) is 16.9 Å². The number of ether oxygens (including phenoxy) is 1. The molecule has 5 heteroatoms. The number of carbonyl (C=O) groups excluding carboxylic acids is 1. The van der Waals surface area contributed by atoms with Gasteiger partial charge in [-0.2, -0.15) is 0 Å². The van der Waals surface area contributed by atoms with E-state index < -0.39 is 0 Å². The predicted molar refractivity (Wildman–Crippen MR) is 108 cm³/mol. The molecule has 0 spiro atoms. The summed E-state index contributed by atoms with van der Waals surface area (Å²) in [6.07, 6.45) is 4.54. The van der Waals surface area contributed by atoms with Crippen LogP contribution in [0.2, 0.25) is 0 Å². The Morgan fingerprint density at radius 3 is 2.69 bits per heavy atom. The van der Waals surface area contributed by atoms with Crippen LogP contribution in [0.4, 0.5) is 0 Å². The summed E-state index contributed by atoms with van der Waals surface area (Å²) in [5.41, 5.74) is 2.55. The second kappa shape index (κ2) is 6.82. The predicted octanol–water partition coefficient (Wildman–Crippen LogP) is 5.28. The molecule has 1 aliphatic carbocycles. The summed E-state index contributed by atoms with van der Waals surface area (Å²) in [5.74, 6) is -0.358. The molecule has 1 aromatic rings. The maximum atomic E-state index is 12.0. The Labute approximate surface area is 164 Å². The lowest BCUT2D eigenvalue weighted by Gasteiger charge is -2.32. The highest BCUT2D eigenvalue weighted by atomic mass is 35.5. The lowest BCUT2D eigenvalue weighted by molar-refractivity contribution is -0.136. The molecule has 0 amide bonds. The van der Waals surface area contributed by atoms with E-state index in [0.717, 1.165) is 20.4 Å². The largest absolute Gasteiger partial charge is 0.464 e. The molecule has 1 aromatic carbocycles. The van der Waals surface area contributed by atoms with E-state index >= 15 is 0 Å². The highest BCUT2D eigenvalue weighted by Crippen LogP contribution is 2.45. The molecule has 3 nitrogen and oxygen atoms in total. The summed E-state index contributed by atoms with van der Waals surface area (Å²) < 4.78 is 4.87. The van der Waals surface area contributed by atoms with Crippen LogP contribution in [0.3, 0.4) is 0 Å². The number of benzene rings is 1. The highest BCUT2D eigenvalue weighted by molar-refractivity contribution is 8.03. The Bertz CT molecular complexity index is 848. The molecule has 1 unspecified atom stereocenters. The SMILES string of the molecule is COC(=O)C1=CC2=C(Sc3cccc(C(C)(C)C)c3)C=C(Cl)CC2(C)N1. The van der Waals surface area contributed by atoms with Gasteiger partial charge in [0.05, 0.1) is 12.6 Å². The summed E-state index contributed by atoms with van der Waals surface area (Å²) in [4.78, 5) is 14.2. The minimum atomic E-state index is -0.390. The van der Waals surface area contributed by atoms with Gasteiger partial charge in [-0.15, -0.1) is 0 Å². The quantitative estimate of drug-likeness (QED) is 0.714. The van der Waals surface area contributed by atoms with Crippen molar-refractivity contribution in [3.8, 4) is 0 Å². The maximum Gasteiger partial charge on any atom is 0.354 e. The molecule has 0 fully saturated rings. The molecular weight excluding hydrogens is 366 g/mol. The Morgan fingerprint density at radius 2 is 2.04 bits per heavy atom. The minimum Gasteiger partial charge on any atom is -0.464 e. The number of hydrogen-bond donors (Lipinski definition) is 1. The van der Waals surface area contributed by atoms with E-state index in [1.54, 1.807) is 11.8 Å². The fraction of sp³-hybridized carbons (Fsp3) is 0.381. The van der Waals surface area contributed by atoms with Gasteiger partial charge in [-0.1, -0.05) is 56.3 Å². The molecule has 1 heterocycles. The molecule has 1 aliphatic heterocycles. The van der Waals surface area contributed by atoms with Crippen LogP contribution in [0.15, 0.2) is 62.5 Å². The van der Waals surface area contributed by atoms with Crippen LogP contribution >= 0.6 is 23.4 Å². The van der Waals surface area contributed by atoms with Crippen molar-refractivity contribution >= 4 is 29.3 Å². The summed E-state index contributed by atoms with van der Waals surface area (Å²) in [6.45, 7) is 8.69. The van der Waals surface area contributed by atoms with Gasteiger partial charge in [0.2, 0.25) is 0 Å². The fourth-order valence-electron chi connectivity index (χ4n) is 3.25. The number of methoxy groups -OCH3 is 1. The van der Waals surface area contributed by atoms with Crippen LogP contribution in [-0.2, 0) is 14.9 Å². The number of rotatable bonds is 3. The second-order valence-corrected chi connectivity index (χ2v) is 9.53. The third-order valence-corrected chi connectivity index (χ3v) is 5.99. The summed E-state index contributed by atoms with van der Waals surface area (Å²) in [5, 5.41) is 4.07. The molecule has 3 rings (SSSR count). The van der Waals surface area contributed by atoms with E-state index in [2.05, 4.69) is 57.3 Å². The Balaban J connectivity index is 2.01. The van der Waals surface area contributed by atoms with Crippen molar-refractivity contribution in [1.29, 1.82) is 0 Å². The van der Waals surface area contributed by atoms with Gasteiger partial charge in [-0.3, -0.25) is 0 Å². The zero-order chi connectivity index (χ0) is 19.1. The van der Waals surface area contributed by atoms with Crippen molar-refractivity contribution in [2.45, 2.75) is 50.0 Å². The molecule has 1 atom stereocenters. The lowest BCUT2D eigenvalue weighted by Crippen LogP contribution is -2.41. The number of halogens is 1. The first kappa shape index (κ1) is 19.1. The van der Waals surface area contributed by atoms with Crippen LogP contribution in [0.25, 0.3) is 0 Å². The fourth-order valence-corrected chi connectivity index (χ4v) is 4.88. The van der Waals surface area contributed by atoms with Gasteiger partial charge in [0.15, 0.2) is 0 Å². The van der Waals surface area contributed by atoms with Gasteiger partial charge < -0.3 is 10.1 Å². The van der Waals surface area contributed by atoms with Crippen LogP contribution in [-0.4, -0.2) is 18.6 Å². The van der Waals surface area contributed by atoms with Crippen LogP contribution in [0.5, 0.6) is 0 Å². The van der Waals surface area contributed by atoms with Gasteiger partial charge in [-0.25, -0.2) is 4.79 Å².